The number of nitrogens with one attached hydrogen (secondary N) is 2. The van der Waals surface area contributed by atoms with Gasteiger partial charge >= 0.3 is 0 Å². The van der Waals surface area contributed by atoms with Crippen LogP contribution in [0.4, 0.5) is 0 Å². The minimum Gasteiger partial charge on any atom is -0.493 e. The number of rotatable bonds is 8. The first-order valence-electron chi connectivity index (χ1n) is 7.64. The third-order valence-electron chi connectivity index (χ3n) is 3.31. The second kappa shape index (κ2) is 9.80. The fourth-order valence-electron chi connectivity index (χ4n) is 2.08. The Kier molecular flexibility index (Phi) is 7.46. The summed E-state index contributed by atoms with van der Waals surface area (Å²) in [6.07, 6.45) is 1.36. The van der Waals surface area contributed by atoms with Crippen LogP contribution in [-0.4, -0.2) is 45.9 Å². The van der Waals surface area contributed by atoms with E-state index in [9.17, 15) is 9.59 Å². The Labute approximate surface area is 169 Å². The van der Waals surface area contributed by atoms with Crippen molar-refractivity contribution in [3.63, 3.8) is 0 Å². The van der Waals surface area contributed by atoms with E-state index < -0.39 is 11.8 Å². The van der Waals surface area contributed by atoms with Crippen molar-refractivity contribution in [1.82, 2.24) is 10.7 Å². The summed E-state index contributed by atoms with van der Waals surface area (Å²) >= 11 is 2.02. The summed E-state index contributed by atoms with van der Waals surface area (Å²) in [5, 5.41) is 6.24. The van der Waals surface area contributed by atoms with E-state index in [0.29, 0.717) is 26.8 Å². The molecule has 0 atom stereocenters. The Hall–Kier alpha value is -2.76. The third-order valence-corrected chi connectivity index (χ3v) is 3.89. The summed E-state index contributed by atoms with van der Waals surface area (Å²) in [6.45, 7) is -0.261. The van der Waals surface area contributed by atoms with Gasteiger partial charge in [0.1, 0.15) is 5.76 Å². The van der Waals surface area contributed by atoms with E-state index in [0.717, 1.165) is 0 Å². The molecule has 0 aliphatic carbocycles. The zero-order valence-electron chi connectivity index (χ0n) is 14.9. The molecule has 9 nitrogen and oxygen atoms in total. The molecule has 0 saturated carbocycles. The van der Waals surface area contributed by atoms with Gasteiger partial charge < -0.3 is 23.9 Å². The number of carbonyl (C=O) groups excluding carboxylic acids is 2. The summed E-state index contributed by atoms with van der Waals surface area (Å²) in [4.78, 5) is 24.1. The predicted molar refractivity (Wildman–Crippen MR) is 106 cm³/mol. The van der Waals surface area contributed by atoms with Crippen LogP contribution in [0.3, 0.4) is 0 Å². The van der Waals surface area contributed by atoms with Crippen LogP contribution in [0.25, 0.3) is 0 Å². The summed E-state index contributed by atoms with van der Waals surface area (Å²) in [5.41, 5.74) is 2.55. The average molecular weight is 487 g/mol. The summed E-state index contributed by atoms with van der Waals surface area (Å²) in [5.74, 6) is 0.577. The maximum atomic E-state index is 12.3. The van der Waals surface area contributed by atoms with Crippen LogP contribution in [0.1, 0.15) is 16.1 Å². The average Bonchev–Trinajstić information content (AvgIpc) is 3.09. The number of hydrogen-bond acceptors (Lipinski definition) is 7. The lowest BCUT2D eigenvalue weighted by Crippen LogP contribution is -2.34. The van der Waals surface area contributed by atoms with Gasteiger partial charge in [0, 0.05) is 5.56 Å². The van der Waals surface area contributed by atoms with Crippen molar-refractivity contribution in [2.75, 3.05) is 27.9 Å². The molecule has 0 radical (unpaired) electrons. The number of hydrogen-bond donors (Lipinski definition) is 2. The second-order valence-corrected chi connectivity index (χ2v) is 6.09. The van der Waals surface area contributed by atoms with Gasteiger partial charge in [0.05, 0.1) is 34.1 Å². The number of benzene rings is 1. The zero-order chi connectivity index (χ0) is 19.8. The Bertz CT molecular complexity index is 824. The maximum absolute atomic E-state index is 12.3. The molecule has 2 amide bonds. The van der Waals surface area contributed by atoms with Gasteiger partial charge in [-0.25, -0.2) is 5.43 Å². The highest BCUT2D eigenvalue weighted by Gasteiger charge is 2.17. The van der Waals surface area contributed by atoms with Crippen LogP contribution in [0.5, 0.6) is 17.2 Å². The quantitative estimate of drug-likeness (QED) is 0.334. The van der Waals surface area contributed by atoms with Crippen LogP contribution in [0, 0.1) is 3.77 Å². The summed E-state index contributed by atoms with van der Waals surface area (Å²) in [6, 6.07) is 6.46. The molecule has 2 N–H and O–H groups in total. The van der Waals surface area contributed by atoms with E-state index in [1.165, 1.54) is 39.7 Å². The minimum atomic E-state index is -0.492. The first-order valence-corrected chi connectivity index (χ1v) is 8.71. The van der Waals surface area contributed by atoms with Crippen LogP contribution in [-0.2, 0) is 4.79 Å². The number of nitrogens with zero attached hydrogens (tertiary/aromatic N) is 1. The lowest BCUT2D eigenvalue weighted by atomic mass is 10.1. The van der Waals surface area contributed by atoms with Gasteiger partial charge in [0.2, 0.25) is 5.75 Å². The monoisotopic (exact) mass is 487 g/mol. The Morgan fingerprint density at radius 1 is 1.15 bits per heavy atom. The Balaban J connectivity index is 1.94. The molecule has 144 valence electrons. The smallest absolute Gasteiger partial charge is 0.259 e. The van der Waals surface area contributed by atoms with Gasteiger partial charge in [-0.1, -0.05) is 0 Å². The normalized spacial score (nSPS) is 10.5. The van der Waals surface area contributed by atoms with E-state index in [1.54, 1.807) is 12.1 Å². The molecule has 0 aliphatic heterocycles. The fraction of sp³-hybridized carbons (Fsp3) is 0.235. The number of hydrazone groups is 1. The fourth-order valence-corrected chi connectivity index (χ4v) is 2.51. The molecular weight excluding hydrogens is 469 g/mol. The molecular formula is C17H18IN3O6. The number of methoxy groups -OCH3 is 3. The number of furan rings is 1. The van der Waals surface area contributed by atoms with Crippen LogP contribution in [0.15, 0.2) is 33.8 Å². The number of ether oxygens (including phenoxy) is 3. The van der Waals surface area contributed by atoms with Gasteiger partial charge in [-0.05, 0) is 46.9 Å². The van der Waals surface area contributed by atoms with Crippen LogP contribution < -0.4 is 25.0 Å². The highest BCUT2D eigenvalue weighted by molar-refractivity contribution is 14.1. The first kappa shape index (κ1) is 20.6. The number of halogens is 1. The highest BCUT2D eigenvalue weighted by Crippen LogP contribution is 2.38. The van der Waals surface area contributed by atoms with Crippen LogP contribution >= 0.6 is 22.6 Å². The molecule has 0 aliphatic rings. The molecule has 0 unspecified atom stereocenters. The standard InChI is InChI=1S/C17H18IN3O6/c1-24-12-6-10(7-13(25-2)16(12)26-3)17(23)19-9-15(22)21-20-8-11-4-5-14(18)27-11/h4-8H,9H2,1-3H3,(H,19,23)(H,21,22)/b20-8-. The van der Waals surface area contributed by atoms with Crippen molar-refractivity contribution < 1.29 is 28.2 Å². The topological polar surface area (TPSA) is 111 Å². The molecule has 0 fully saturated rings. The van der Waals surface area contributed by atoms with Gasteiger partial charge in [-0.15, -0.1) is 0 Å². The molecule has 27 heavy (non-hydrogen) atoms. The van der Waals surface area contributed by atoms with Crippen molar-refractivity contribution in [2.45, 2.75) is 0 Å². The van der Waals surface area contributed by atoms with Crippen molar-refractivity contribution >= 4 is 40.6 Å². The largest absolute Gasteiger partial charge is 0.493 e. The second-order valence-electron chi connectivity index (χ2n) is 5.03. The predicted octanol–water partition coefficient (Wildman–Crippen LogP) is 1.79. The van der Waals surface area contributed by atoms with Gasteiger partial charge in [0.15, 0.2) is 15.3 Å². The third kappa shape index (κ3) is 5.61. The van der Waals surface area contributed by atoms with E-state index >= 15 is 0 Å². The first-order chi connectivity index (χ1) is 13.0. The molecule has 1 heterocycles. The lowest BCUT2D eigenvalue weighted by molar-refractivity contribution is -0.120. The van der Waals surface area contributed by atoms with Crippen LogP contribution in [0.2, 0.25) is 0 Å². The van der Waals surface area contributed by atoms with E-state index in [4.69, 9.17) is 18.6 Å². The lowest BCUT2D eigenvalue weighted by Gasteiger charge is -2.13. The summed E-state index contributed by atoms with van der Waals surface area (Å²) < 4.78 is 21.6. The van der Waals surface area contributed by atoms with Crippen molar-refractivity contribution in [1.29, 1.82) is 0 Å². The molecule has 10 heteroatoms. The van der Waals surface area contributed by atoms with E-state index in [1.807, 2.05) is 22.6 Å². The molecule has 1 aromatic carbocycles. The Morgan fingerprint density at radius 2 is 1.81 bits per heavy atom. The molecule has 2 rings (SSSR count). The van der Waals surface area contributed by atoms with Crippen molar-refractivity contribution in [2.24, 2.45) is 5.10 Å². The van der Waals surface area contributed by atoms with Gasteiger partial charge in [-0.2, -0.15) is 5.10 Å². The molecule has 2 aromatic rings. The number of carbonyl (C=O) groups is 2. The minimum absolute atomic E-state index is 0.256. The zero-order valence-corrected chi connectivity index (χ0v) is 17.0. The number of amides is 2. The van der Waals surface area contributed by atoms with Gasteiger partial charge in [0.25, 0.3) is 11.8 Å². The highest BCUT2D eigenvalue weighted by atomic mass is 127. The molecule has 0 bridgehead atoms. The maximum Gasteiger partial charge on any atom is 0.259 e. The van der Waals surface area contributed by atoms with E-state index in [2.05, 4.69) is 15.8 Å². The Morgan fingerprint density at radius 3 is 2.33 bits per heavy atom. The van der Waals surface area contributed by atoms with E-state index in [-0.39, 0.29) is 12.1 Å². The molecule has 0 saturated heterocycles. The molecule has 0 spiro atoms. The van der Waals surface area contributed by atoms with Gasteiger partial charge in [-0.3, -0.25) is 9.59 Å². The van der Waals surface area contributed by atoms with Crippen molar-refractivity contribution in [3.8, 4) is 17.2 Å². The SMILES string of the molecule is COc1cc(C(=O)NCC(=O)N/N=C\c2ccc(I)o2)cc(OC)c1OC. The molecule has 1 aromatic heterocycles. The van der Waals surface area contributed by atoms with Crippen molar-refractivity contribution in [3.05, 3.63) is 39.4 Å². The summed E-state index contributed by atoms with van der Waals surface area (Å²) in [7, 11) is 4.36.